The molecule has 0 fully saturated rings. The molecule has 0 saturated carbocycles. The van der Waals surface area contributed by atoms with Crippen molar-refractivity contribution >= 4 is 51.4 Å². The summed E-state index contributed by atoms with van der Waals surface area (Å²) in [5, 5.41) is 15.3. The second kappa shape index (κ2) is 8.18. The standard InChI is InChI=1S/C15H13ClN4O2S2/c16-10-3-5-11(6-4-10)18-13(21)9-23-15-20-19-14(24-15)17-8-12-2-1-7-22-12/h1-7H,8-9H2,(H,17,19)(H,18,21). The number of halogens is 1. The first-order chi connectivity index (χ1) is 11.7. The van der Waals surface area contributed by atoms with Crippen LogP contribution in [0, 0.1) is 0 Å². The quantitative estimate of drug-likeness (QED) is 0.600. The molecule has 0 spiro atoms. The van der Waals surface area contributed by atoms with Crippen molar-refractivity contribution in [3.05, 3.63) is 53.4 Å². The summed E-state index contributed by atoms with van der Waals surface area (Å²) < 4.78 is 5.96. The molecule has 2 aromatic heterocycles. The minimum atomic E-state index is -0.109. The summed E-state index contributed by atoms with van der Waals surface area (Å²) in [7, 11) is 0. The first-order valence-corrected chi connectivity index (χ1v) is 9.15. The Balaban J connectivity index is 1.44. The topological polar surface area (TPSA) is 80.1 Å². The second-order valence-corrected chi connectivity index (χ2v) is 7.29. The van der Waals surface area contributed by atoms with E-state index in [0.717, 1.165) is 10.1 Å². The third kappa shape index (κ3) is 4.98. The minimum Gasteiger partial charge on any atom is -0.467 e. The number of carbonyl (C=O) groups is 1. The van der Waals surface area contributed by atoms with E-state index in [-0.39, 0.29) is 11.7 Å². The van der Waals surface area contributed by atoms with E-state index in [1.165, 1.54) is 23.1 Å². The predicted molar refractivity (Wildman–Crippen MR) is 96.7 cm³/mol. The number of thioether (sulfide) groups is 1. The van der Waals surface area contributed by atoms with E-state index < -0.39 is 0 Å². The van der Waals surface area contributed by atoms with Gasteiger partial charge in [-0.05, 0) is 36.4 Å². The maximum absolute atomic E-state index is 11.9. The van der Waals surface area contributed by atoms with Gasteiger partial charge in [0.25, 0.3) is 0 Å². The van der Waals surface area contributed by atoms with Crippen molar-refractivity contribution in [2.24, 2.45) is 0 Å². The summed E-state index contributed by atoms with van der Waals surface area (Å²) in [5.74, 6) is 0.972. The van der Waals surface area contributed by atoms with Gasteiger partial charge in [0.1, 0.15) is 5.76 Å². The first kappa shape index (κ1) is 16.8. The summed E-state index contributed by atoms with van der Waals surface area (Å²) in [4.78, 5) is 11.9. The van der Waals surface area contributed by atoms with E-state index in [9.17, 15) is 4.79 Å². The zero-order chi connectivity index (χ0) is 16.8. The summed E-state index contributed by atoms with van der Waals surface area (Å²) in [5.41, 5.74) is 0.711. The van der Waals surface area contributed by atoms with Crippen LogP contribution in [-0.2, 0) is 11.3 Å². The van der Waals surface area contributed by atoms with Crippen LogP contribution in [0.15, 0.2) is 51.4 Å². The predicted octanol–water partition coefficient (Wildman–Crippen LogP) is 4.13. The number of amides is 1. The summed E-state index contributed by atoms with van der Waals surface area (Å²) in [6, 6.07) is 10.7. The van der Waals surface area contributed by atoms with Crippen molar-refractivity contribution < 1.29 is 9.21 Å². The van der Waals surface area contributed by atoms with Crippen molar-refractivity contribution in [1.29, 1.82) is 0 Å². The molecule has 3 rings (SSSR count). The normalized spacial score (nSPS) is 10.5. The van der Waals surface area contributed by atoms with Crippen molar-refractivity contribution in [2.45, 2.75) is 10.9 Å². The molecule has 0 saturated heterocycles. The fraction of sp³-hybridized carbons (Fsp3) is 0.133. The molecule has 2 heterocycles. The Bertz CT molecular complexity index is 790. The highest BCUT2D eigenvalue weighted by Gasteiger charge is 2.09. The van der Waals surface area contributed by atoms with E-state index in [2.05, 4.69) is 20.8 Å². The largest absolute Gasteiger partial charge is 0.467 e. The van der Waals surface area contributed by atoms with E-state index in [0.29, 0.717) is 22.4 Å². The number of hydrogen-bond acceptors (Lipinski definition) is 7. The number of carbonyl (C=O) groups excluding carboxylic acids is 1. The maximum atomic E-state index is 11.9. The fourth-order valence-corrected chi connectivity index (χ4v) is 3.45. The lowest BCUT2D eigenvalue weighted by Crippen LogP contribution is -2.13. The molecular weight excluding hydrogens is 368 g/mol. The van der Waals surface area contributed by atoms with E-state index in [1.54, 1.807) is 30.5 Å². The van der Waals surface area contributed by atoms with Crippen LogP contribution in [0.3, 0.4) is 0 Å². The van der Waals surface area contributed by atoms with Gasteiger partial charge in [0, 0.05) is 10.7 Å². The summed E-state index contributed by atoms with van der Waals surface area (Å²) in [6.45, 7) is 0.545. The lowest BCUT2D eigenvalue weighted by molar-refractivity contribution is -0.113. The van der Waals surface area contributed by atoms with Crippen LogP contribution in [0.4, 0.5) is 10.8 Å². The lowest BCUT2D eigenvalue weighted by atomic mass is 10.3. The van der Waals surface area contributed by atoms with Crippen molar-refractivity contribution in [3.8, 4) is 0 Å². The van der Waals surface area contributed by atoms with Gasteiger partial charge in [0.05, 0.1) is 18.6 Å². The lowest BCUT2D eigenvalue weighted by Gasteiger charge is -2.03. The van der Waals surface area contributed by atoms with Gasteiger partial charge in [0.15, 0.2) is 4.34 Å². The van der Waals surface area contributed by atoms with E-state index in [4.69, 9.17) is 16.0 Å². The number of nitrogens with zero attached hydrogens (tertiary/aromatic N) is 2. The average Bonchev–Trinajstić information content (AvgIpc) is 3.25. The maximum Gasteiger partial charge on any atom is 0.234 e. The van der Waals surface area contributed by atoms with Crippen LogP contribution < -0.4 is 10.6 Å². The number of anilines is 2. The van der Waals surface area contributed by atoms with Gasteiger partial charge in [-0.3, -0.25) is 4.79 Å². The molecule has 0 aliphatic heterocycles. The second-order valence-electron chi connectivity index (χ2n) is 4.65. The Morgan fingerprint density at radius 1 is 1.25 bits per heavy atom. The third-order valence-corrected chi connectivity index (χ3v) is 5.12. The summed E-state index contributed by atoms with van der Waals surface area (Å²) in [6.07, 6.45) is 1.62. The smallest absolute Gasteiger partial charge is 0.234 e. The highest BCUT2D eigenvalue weighted by atomic mass is 35.5. The van der Waals surface area contributed by atoms with Gasteiger partial charge >= 0.3 is 0 Å². The molecule has 24 heavy (non-hydrogen) atoms. The Labute approximate surface area is 151 Å². The van der Waals surface area contributed by atoms with Gasteiger partial charge in [0.2, 0.25) is 11.0 Å². The molecule has 0 aliphatic carbocycles. The van der Waals surface area contributed by atoms with Gasteiger partial charge in [-0.2, -0.15) is 0 Å². The van der Waals surface area contributed by atoms with Gasteiger partial charge < -0.3 is 15.1 Å². The fourth-order valence-electron chi connectivity index (χ4n) is 1.77. The number of hydrogen-bond donors (Lipinski definition) is 2. The summed E-state index contributed by atoms with van der Waals surface area (Å²) >= 11 is 8.54. The SMILES string of the molecule is O=C(CSc1nnc(NCc2ccco2)s1)Nc1ccc(Cl)cc1. The molecule has 124 valence electrons. The monoisotopic (exact) mass is 380 g/mol. The van der Waals surface area contributed by atoms with Crippen LogP contribution in [0.25, 0.3) is 0 Å². The highest BCUT2D eigenvalue weighted by molar-refractivity contribution is 8.01. The molecule has 0 radical (unpaired) electrons. The number of nitrogens with one attached hydrogen (secondary N) is 2. The molecule has 0 bridgehead atoms. The molecule has 6 nitrogen and oxygen atoms in total. The van der Waals surface area contributed by atoms with Gasteiger partial charge in [-0.1, -0.05) is 34.7 Å². The Kier molecular flexibility index (Phi) is 5.73. The van der Waals surface area contributed by atoms with Crippen molar-refractivity contribution in [1.82, 2.24) is 10.2 Å². The highest BCUT2D eigenvalue weighted by Crippen LogP contribution is 2.26. The number of aromatic nitrogens is 2. The Morgan fingerprint density at radius 3 is 2.83 bits per heavy atom. The molecule has 0 unspecified atom stereocenters. The third-order valence-electron chi connectivity index (χ3n) is 2.86. The molecule has 2 N–H and O–H groups in total. The van der Waals surface area contributed by atoms with Crippen LogP contribution in [0.2, 0.25) is 5.02 Å². The molecule has 0 atom stereocenters. The van der Waals surface area contributed by atoms with Crippen LogP contribution >= 0.6 is 34.7 Å². The van der Waals surface area contributed by atoms with Gasteiger partial charge in [-0.15, -0.1) is 10.2 Å². The van der Waals surface area contributed by atoms with Crippen LogP contribution in [-0.4, -0.2) is 21.9 Å². The van der Waals surface area contributed by atoms with Crippen LogP contribution in [0.1, 0.15) is 5.76 Å². The first-order valence-electron chi connectivity index (χ1n) is 6.97. The molecule has 1 aromatic carbocycles. The van der Waals surface area contributed by atoms with E-state index in [1.807, 2.05) is 12.1 Å². The molecule has 0 aliphatic rings. The van der Waals surface area contributed by atoms with Crippen LogP contribution in [0.5, 0.6) is 0 Å². The number of furan rings is 1. The van der Waals surface area contributed by atoms with E-state index >= 15 is 0 Å². The number of benzene rings is 1. The molecule has 3 aromatic rings. The Morgan fingerprint density at radius 2 is 2.08 bits per heavy atom. The van der Waals surface area contributed by atoms with Gasteiger partial charge in [-0.25, -0.2) is 0 Å². The van der Waals surface area contributed by atoms with Crippen molar-refractivity contribution in [2.75, 3.05) is 16.4 Å². The Hall–Kier alpha value is -2.03. The zero-order valence-electron chi connectivity index (χ0n) is 12.4. The zero-order valence-corrected chi connectivity index (χ0v) is 14.7. The number of rotatable bonds is 7. The minimum absolute atomic E-state index is 0.109. The van der Waals surface area contributed by atoms with Crippen molar-refractivity contribution in [3.63, 3.8) is 0 Å². The average molecular weight is 381 g/mol. The molecule has 1 amide bonds. The molecular formula is C15H13ClN4O2S2. The molecule has 9 heteroatoms.